The number of ether oxygens (including phenoxy) is 1. The molecule has 8 nitrogen and oxygen atoms in total. The van der Waals surface area contributed by atoms with E-state index < -0.39 is 18.4 Å². The van der Waals surface area contributed by atoms with Crippen LogP contribution in [0.1, 0.15) is 28.8 Å². The molecule has 2 heterocycles. The Balaban J connectivity index is 1.23. The number of fused-ring (bicyclic) bond motifs is 1. The lowest BCUT2D eigenvalue weighted by Gasteiger charge is -2.39. The normalized spacial score (nSPS) is 20.1. The van der Waals surface area contributed by atoms with E-state index in [4.69, 9.17) is 10.5 Å². The molecule has 2 aliphatic rings. The lowest BCUT2D eigenvalue weighted by atomic mass is 10.0. The van der Waals surface area contributed by atoms with E-state index in [0.29, 0.717) is 23.4 Å². The topological polar surface area (TPSA) is 111 Å². The molecule has 2 aromatic carbocycles. The third kappa shape index (κ3) is 5.02. The summed E-state index contributed by atoms with van der Waals surface area (Å²) >= 11 is 0. The Bertz CT molecular complexity index is 951. The molecule has 172 valence electrons. The molecule has 2 atom stereocenters. The maximum atomic E-state index is 13.5. The summed E-state index contributed by atoms with van der Waals surface area (Å²) in [5.74, 6) is -0.840. The fourth-order valence-corrected chi connectivity index (χ4v) is 4.51. The number of nitrogens with two attached hydrogens (primary N) is 1. The van der Waals surface area contributed by atoms with Crippen LogP contribution in [0.25, 0.3) is 0 Å². The first-order chi connectivity index (χ1) is 15.4. The van der Waals surface area contributed by atoms with Crippen molar-refractivity contribution in [3.8, 4) is 0 Å². The molecule has 1 fully saturated rings. The second-order valence-corrected chi connectivity index (χ2v) is 8.31. The van der Waals surface area contributed by atoms with E-state index in [9.17, 15) is 19.4 Å². The zero-order valence-electron chi connectivity index (χ0n) is 17.8. The van der Waals surface area contributed by atoms with Gasteiger partial charge in [0.15, 0.2) is 0 Å². The molecule has 2 aromatic rings. The van der Waals surface area contributed by atoms with E-state index in [1.807, 2.05) is 11.0 Å². The van der Waals surface area contributed by atoms with Gasteiger partial charge >= 0.3 is 0 Å². The standard InChI is InChI=1S/C23H29FN4O4/c24-16-5-6-21-20(11-16)26-23(31)28(21)17-7-9-27(10-8-17)12-18(29)14-32-13-15-3-1-2-4-19(15)22(25)30/h1-6,11,17-18,23,26,29,31H,7-10,12-14H2,(H2,25,30). The molecule has 0 spiro atoms. The Morgan fingerprint density at radius 2 is 2.00 bits per heavy atom. The number of β-amino-alcohol motifs (C(OH)–C–C–N with tert-alkyl or cyclic N) is 1. The predicted molar refractivity (Wildman–Crippen MR) is 119 cm³/mol. The van der Waals surface area contributed by atoms with Gasteiger partial charge in [-0.2, -0.15) is 0 Å². The largest absolute Gasteiger partial charge is 0.389 e. The molecule has 9 heteroatoms. The van der Waals surface area contributed by atoms with Gasteiger partial charge < -0.3 is 35.8 Å². The van der Waals surface area contributed by atoms with E-state index in [2.05, 4.69) is 10.2 Å². The molecule has 0 aliphatic carbocycles. The van der Waals surface area contributed by atoms with Crippen molar-refractivity contribution in [1.29, 1.82) is 0 Å². The number of anilines is 2. The van der Waals surface area contributed by atoms with Crippen molar-refractivity contribution in [2.24, 2.45) is 5.73 Å². The fraction of sp³-hybridized carbons (Fsp3) is 0.435. The molecule has 5 N–H and O–H groups in total. The number of nitrogens with zero attached hydrogens (tertiary/aromatic N) is 2. The summed E-state index contributed by atoms with van der Waals surface area (Å²) in [5.41, 5.74) is 7.91. The first-order valence-corrected chi connectivity index (χ1v) is 10.8. The monoisotopic (exact) mass is 444 g/mol. The molecule has 32 heavy (non-hydrogen) atoms. The number of hydrogen-bond donors (Lipinski definition) is 4. The van der Waals surface area contributed by atoms with Gasteiger partial charge in [-0.05, 0) is 42.7 Å². The summed E-state index contributed by atoms with van der Waals surface area (Å²) < 4.78 is 19.1. The lowest BCUT2D eigenvalue weighted by molar-refractivity contribution is 0.00550. The number of hydrogen-bond acceptors (Lipinski definition) is 7. The second-order valence-electron chi connectivity index (χ2n) is 8.31. The zero-order valence-corrected chi connectivity index (χ0v) is 17.8. The zero-order chi connectivity index (χ0) is 22.7. The maximum absolute atomic E-state index is 13.5. The minimum absolute atomic E-state index is 0.124. The minimum Gasteiger partial charge on any atom is -0.389 e. The van der Waals surface area contributed by atoms with Gasteiger partial charge in [-0.3, -0.25) is 4.79 Å². The van der Waals surface area contributed by atoms with Gasteiger partial charge in [0.05, 0.1) is 30.7 Å². The third-order valence-corrected chi connectivity index (χ3v) is 6.05. The molecule has 0 aromatic heterocycles. The summed E-state index contributed by atoms with van der Waals surface area (Å²) in [7, 11) is 0. The van der Waals surface area contributed by atoms with Crippen molar-refractivity contribution in [2.45, 2.75) is 37.9 Å². The van der Waals surface area contributed by atoms with Crippen molar-refractivity contribution in [3.05, 3.63) is 59.4 Å². The molecular formula is C23H29FN4O4. The average molecular weight is 445 g/mol. The van der Waals surface area contributed by atoms with Crippen LogP contribution in [0.5, 0.6) is 0 Å². The van der Waals surface area contributed by atoms with E-state index in [1.54, 1.807) is 24.3 Å². The summed E-state index contributed by atoms with van der Waals surface area (Å²) in [6.07, 6.45) is 0.102. The van der Waals surface area contributed by atoms with E-state index >= 15 is 0 Å². The van der Waals surface area contributed by atoms with E-state index in [-0.39, 0.29) is 25.1 Å². The highest BCUT2D eigenvalue weighted by Gasteiger charge is 2.35. The van der Waals surface area contributed by atoms with Crippen LogP contribution in [0.3, 0.4) is 0 Å². The smallest absolute Gasteiger partial charge is 0.249 e. The van der Waals surface area contributed by atoms with Crippen LogP contribution >= 0.6 is 0 Å². The minimum atomic E-state index is -0.870. The number of benzene rings is 2. The van der Waals surface area contributed by atoms with Crippen LogP contribution in [0.15, 0.2) is 42.5 Å². The van der Waals surface area contributed by atoms with Gasteiger partial charge in [0.2, 0.25) is 12.3 Å². The average Bonchev–Trinajstić information content (AvgIpc) is 3.09. The SMILES string of the molecule is NC(=O)c1ccccc1COCC(O)CN1CCC(N2c3ccc(F)cc3NC2O)CC1. The first-order valence-electron chi connectivity index (χ1n) is 10.8. The van der Waals surface area contributed by atoms with Gasteiger partial charge in [-0.15, -0.1) is 0 Å². The van der Waals surface area contributed by atoms with Gasteiger partial charge in [-0.1, -0.05) is 18.2 Å². The summed E-state index contributed by atoms with van der Waals surface area (Å²) in [5, 5.41) is 23.7. The van der Waals surface area contributed by atoms with Crippen LogP contribution in [0, 0.1) is 5.82 Å². The van der Waals surface area contributed by atoms with Crippen molar-refractivity contribution in [3.63, 3.8) is 0 Å². The molecule has 4 rings (SSSR count). The number of aliphatic hydroxyl groups is 2. The molecule has 0 bridgehead atoms. The van der Waals surface area contributed by atoms with Gasteiger partial charge in [-0.25, -0.2) is 4.39 Å². The molecular weight excluding hydrogens is 415 g/mol. The van der Waals surface area contributed by atoms with Crippen LogP contribution < -0.4 is 16.0 Å². The van der Waals surface area contributed by atoms with Crippen molar-refractivity contribution < 1.29 is 24.1 Å². The van der Waals surface area contributed by atoms with E-state index in [1.165, 1.54) is 12.1 Å². The number of piperidine rings is 1. The Labute approximate surface area is 186 Å². The lowest BCUT2D eigenvalue weighted by Crippen LogP contribution is -2.50. The molecule has 2 unspecified atom stereocenters. The van der Waals surface area contributed by atoms with Gasteiger partial charge in [0.1, 0.15) is 5.82 Å². The number of carbonyl (C=O) groups excluding carboxylic acids is 1. The Morgan fingerprint density at radius 1 is 1.25 bits per heavy atom. The number of halogens is 1. The number of amides is 1. The first kappa shape index (κ1) is 22.5. The number of nitrogens with one attached hydrogen (secondary N) is 1. The summed E-state index contributed by atoms with van der Waals surface area (Å²) in [6.45, 7) is 2.38. The van der Waals surface area contributed by atoms with Crippen molar-refractivity contribution in [2.75, 3.05) is 36.5 Å². The number of rotatable bonds is 8. The second kappa shape index (κ2) is 9.83. The molecule has 1 amide bonds. The molecule has 0 radical (unpaired) electrons. The number of carbonyl (C=O) groups is 1. The Hall–Kier alpha value is -2.72. The molecule has 1 saturated heterocycles. The Morgan fingerprint density at radius 3 is 2.75 bits per heavy atom. The van der Waals surface area contributed by atoms with Crippen LogP contribution in [-0.2, 0) is 11.3 Å². The maximum Gasteiger partial charge on any atom is 0.249 e. The number of aliphatic hydroxyl groups excluding tert-OH is 2. The van der Waals surface area contributed by atoms with Crippen LogP contribution in [-0.4, -0.2) is 65.8 Å². The number of likely N-dealkylation sites (tertiary alicyclic amines) is 1. The summed E-state index contributed by atoms with van der Waals surface area (Å²) in [6, 6.07) is 11.6. The third-order valence-electron chi connectivity index (χ3n) is 6.05. The van der Waals surface area contributed by atoms with Gasteiger partial charge in [0.25, 0.3) is 0 Å². The van der Waals surface area contributed by atoms with Crippen LogP contribution in [0.4, 0.5) is 15.8 Å². The van der Waals surface area contributed by atoms with E-state index in [0.717, 1.165) is 31.6 Å². The predicted octanol–water partition coefficient (Wildman–Crippen LogP) is 1.47. The Kier molecular flexibility index (Phi) is 6.90. The molecule has 0 saturated carbocycles. The highest BCUT2D eigenvalue weighted by atomic mass is 19.1. The van der Waals surface area contributed by atoms with Crippen molar-refractivity contribution in [1.82, 2.24) is 4.90 Å². The van der Waals surface area contributed by atoms with Crippen molar-refractivity contribution >= 4 is 17.3 Å². The molecule has 2 aliphatic heterocycles. The van der Waals surface area contributed by atoms with Gasteiger partial charge in [0, 0.05) is 31.2 Å². The highest BCUT2D eigenvalue weighted by Crippen LogP contribution is 2.37. The fourth-order valence-electron chi connectivity index (χ4n) is 4.51. The van der Waals surface area contributed by atoms with Crippen LogP contribution in [0.2, 0.25) is 0 Å². The quantitative estimate of drug-likeness (QED) is 0.488. The summed E-state index contributed by atoms with van der Waals surface area (Å²) in [4.78, 5) is 15.6. The number of primary amides is 1. The highest BCUT2D eigenvalue weighted by molar-refractivity contribution is 5.94.